The smallest absolute Gasteiger partial charge is 0.255 e. The molecule has 27 heavy (non-hydrogen) atoms. The fourth-order valence-electron chi connectivity index (χ4n) is 3.87. The van der Waals surface area contributed by atoms with Crippen molar-refractivity contribution < 1.29 is 9.59 Å². The normalized spacial score (nSPS) is 16.9. The van der Waals surface area contributed by atoms with Crippen LogP contribution in [0.2, 0.25) is 0 Å². The predicted octanol–water partition coefficient (Wildman–Crippen LogP) is 3.97. The highest BCUT2D eigenvalue weighted by Crippen LogP contribution is 2.26. The zero-order chi connectivity index (χ0) is 18.8. The summed E-state index contributed by atoms with van der Waals surface area (Å²) in [5, 5.41) is 3.00. The minimum atomic E-state index is -0.133. The maximum absolute atomic E-state index is 12.6. The lowest BCUT2D eigenvalue weighted by Crippen LogP contribution is -2.23. The van der Waals surface area contributed by atoms with Gasteiger partial charge in [0.1, 0.15) is 0 Å². The van der Waals surface area contributed by atoms with E-state index in [1.165, 1.54) is 18.5 Å². The second-order valence-electron chi connectivity index (χ2n) is 7.34. The number of nitrogens with one attached hydrogen (secondary N) is 1. The summed E-state index contributed by atoms with van der Waals surface area (Å²) in [6.07, 6.45) is 4.00. The van der Waals surface area contributed by atoms with Crippen LogP contribution in [-0.2, 0) is 4.79 Å². The number of benzene rings is 2. The summed E-state index contributed by atoms with van der Waals surface area (Å²) in [5.41, 5.74) is 4.57. The number of nitrogens with zero attached hydrogens (tertiary/aromatic N) is 2. The zero-order valence-electron chi connectivity index (χ0n) is 15.7. The van der Waals surface area contributed by atoms with Crippen molar-refractivity contribution in [2.24, 2.45) is 0 Å². The van der Waals surface area contributed by atoms with Crippen LogP contribution >= 0.6 is 0 Å². The van der Waals surface area contributed by atoms with E-state index in [4.69, 9.17) is 0 Å². The van der Waals surface area contributed by atoms with Gasteiger partial charge < -0.3 is 15.1 Å². The second kappa shape index (κ2) is 7.43. The summed E-state index contributed by atoms with van der Waals surface area (Å²) >= 11 is 0. The second-order valence-corrected chi connectivity index (χ2v) is 7.34. The highest BCUT2D eigenvalue weighted by Gasteiger charge is 2.21. The van der Waals surface area contributed by atoms with Gasteiger partial charge in [-0.1, -0.05) is 0 Å². The Morgan fingerprint density at radius 1 is 0.926 bits per heavy atom. The van der Waals surface area contributed by atoms with E-state index in [-0.39, 0.29) is 11.8 Å². The van der Waals surface area contributed by atoms with Crippen molar-refractivity contribution in [1.29, 1.82) is 0 Å². The molecule has 0 atom stereocenters. The molecule has 140 valence electrons. The quantitative estimate of drug-likeness (QED) is 0.894. The maximum Gasteiger partial charge on any atom is 0.255 e. The summed E-state index contributed by atoms with van der Waals surface area (Å²) in [5.74, 6) is 0.0206. The minimum Gasteiger partial charge on any atom is -0.372 e. The van der Waals surface area contributed by atoms with Gasteiger partial charge in [0.05, 0.1) is 0 Å². The highest BCUT2D eigenvalue weighted by atomic mass is 16.2. The van der Waals surface area contributed by atoms with Crippen LogP contribution in [0.4, 0.5) is 17.1 Å². The maximum atomic E-state index is 12.6. The molecule has 2 amide bonds. The molecule has 2 saturated heterocycles. The Bertz CT molecular complexity index is 854. The average Bonchev–Trinajstić information content (AvgIpc) is 3.35. The number of hydrogen-bond acceptors (Lipinski definition) is 3. The van der Waals surface area contributed by atoms with E-state index >= 15 is 0 Å². The summed E-state index contributed by atoms with van der Waals surface area (Å²) in [6, 6.07) is 13.5. The summed E-state index contributed by atoms with van der Waals surface area (Å²) in [7, 11) is 0. The fraction of sp³-hybridized carbons (Fsp3) is 0.364. The SMILES string of the molecule is Cc1cc(N2CCCC2)ccc1NC(=O)c1ccc(N2CCCC2=O)cc1. The summed E-state index contributed by atoms with van der Waals surface area (Å²) in [4.78, 5) is 28.6. The molecule has 0 bridgehead atoms. The molecule has 2 heterocycles. The predicted molar refractivity (Wildman–Crippen MR) is 109 cm³/mol. The third-order valence-corrected chi connectivity index (χ3v) is 5.44. The van der Waals surface area contributed by atoms with Gasteiger partial charge in [-0.25, -0.2) is 0 Å². The Morgan fingerprint density at radius 2 is 1.63 bits per heavy atom. The number of rotatable bonds is 4. The van der Waals surface area contributed by atoms with Crippen molar-refractivity contribution in [3.05, 3.63) is 53.6 Å². The van der Waals surface area contributed by atoms with Gasteiger partial charge in [-0.2, -0.15) is 0 Å². The number of anilines is 3. The van der Waals surface area contributed by atoms with Gasteiger partial charge in [0, 0.05) is 48.7 Å². The first-order valence-electron chi connectivity index (χ1n) is 9.69. The van der Waals surface area contributed by atoms with Gasteiger partial charge in [-0.15, -0.1) is 0 Å². The van der Waals surface area contributed by atoms with Crippen LogP contribution in [0.3, 0.4) is 0 Å². The number of carbonyl (C=O) groups excluding carboxylic acids is 2. The molecular weight excluding hydrogens is 338 g/mol. The molecule has 0 radical (unpaired) electrons. The number of carbonyl (C=O) groups is 2. The molecule has 5 heteroatoms. The molecule has 2 aromatic rings. The molecule has 2 fully saturated rings. The van der Waals surface area contributed by atoms with Crippen LogP contribution in [0.25, 0.3) is 0 Å². The monoisotopic (exact) mass is 363 g/mol. The Labute approximate surface area is 160 Å². The molecule has 5 nitrogen and oxygen atoms in total. The molecule has 2 aliphatic rings. The fourth-order valence-corrected chi connectivity index (χ4v) is 3.87. The molecule has 1 N–H and O–H groups in total. The topological polar surface area (TPSA) is 52.7 Å². The van der Waals surface area contributed by atoms with Crippen LogP contribution in [0.1, 0.15) is 41.6 Å². The van der Waals surface area contributed by atoms with Gasteiger partial charge >= 0.3 is 0 Å². The molecule has 4 rings (SSSR count). The standard InChI is InChI=1S/C22H25N3O2/c1-16-15-19(24-12-2-3-13-24)10-11-20(16)23-22(27)17-6-8-18(9-7-17)25-14-4-5-21(25)26/h6-11,15H,2-5,12-14H2,1H3,(H,23,27). The van der Waals surface area contributed by atoms with Crippen molar-refractivity contribution >= 4 is 28.9 Å². The minimum absolute atomic E-state index is 0.133. The third kappa shape index (κ3) is 3.68. The summed E-state index contributed by atoms with van der Waals surface area (Å²) < 4.78 is 0. The van der Waals surface area contributed by atoms with Crippen molar-refractivity contribution in [3.63, 3.8) is 0 Å². The van der Waals surface area contributed by atoms with Gasteiger partial charge in [-0.3, -0.25) is 9.59 Å². The van der Waals surface area contributed by atoms with E-state index in [0.29, 0.717) is 12.0 Å². The van der Waals surface area contributed by atoms with E-state index < -0.39 is 0 Å². The highest BCUT2D eigenvalue weighted by molar-refractivity contribution is 6.05. The lowest BCUT2D eigenvalue weighted by molar-refractivity contribution is -0.117. The summed E-state index contributed by atoms with van der Waals surface area (Å²) in [6.45, 7) is 5.00. The van der Waals surface area contributed by atoms with Crippen molar-refractivity contribution in [2.45, 2.75) is 32.6 Å². The van der Waals surface area contributed by atoms with Crippen molar-refractivity contribution in [1.82, 2.24) is 0 Å². The van der Waals surface area contributed by atoms with Crippen LogP contribution in [0.15, 0.2) is 42.5 Å². The zero-order valence-corrected chi connectivity index (χ0v) is 15.7. The van der Waals surface area contributed by atoms with Crippen molar-refractivity contribution in [2.75, 3.05) is 34.8 Å². The molecule has 0 unspecified atom stereocenters. The van der Waals surface area contributed by atoms with E-state index in [2.05, 4.69) is 22.3 Å². The lowest BCUT2D eigenvalue weighted by Gasteiger charge is -2.19. The number of amides is 2. The van der Waals surface area contributed by atoms with E-state index in [0.717, 1.165) is 43.0 Å². The lowest BCUT2D eigenvalue weighted by atomic mass is 10.1. The molecule has 2 aliphatic heterocycles. The average molecular weight is 363 g/mol. The first-order chi connectivity index (χ1) is 13.1. The van der Waals surface area contributed by atoms with Crippen LogP contribution in [0, 0.1) is 6.92 Å². The van der Waals surface area contributed by atoms with Gasteiger partial charge in [0.25, 0.3) is 5.91 Å². The third-order valence-electron chi connectivity index (χ3n) is 5.44. The van der Waals surface area contributed by atoms with Gasteiger partial charge in [0.2, 0.25) is 5.91 Å². The Kier molecular flexibility index (Phi) is 4.84. The van der Waals surface area contributed by atoms with Crippen LogP contribution in [-0.4, -0.2) is 31.4 Å². The first-order valence-corrected chi connectivity index (χ1v) is 9.69. The first kappa shape index (κ1) is 17.6. The molecule has 0 aliphatic carbocycles. The molecule has 0 aromatic heterocycles. The molecule has 0 spiro atoms. The Hall–Kier alpha value is -2.82. The largest absolute Gasteiger partial charge is 0.372 e. The number of hydrogen-bond donors (Lipinski definition) is 1. The van der Waals surface area contributed by atoms with E-state index in [9.17, 15) is 9.59 Å². The van der Waals surface area contributed by atoms with Crippen LogP contribution in [0.5, 0.6) is 0 Å². The van der Waals surface area contributed by atoms with E-state index in [1.54, 1.807) is 17.0 Å². The molecule has 0 saturated carbocycles. The van der Waals surface area contributed by atoms with E-state index in [1.807, 2.05) is 25.1 Å². The Balaban J connectivity index is 1.44. The Morgan fingerprint density at radius 3 is 2.26 bits per heavy atom. The van der Waals surface area contributed by atoms with Gasteiger partial charge in [0.15, 0.2) is 0 Å². The van der Waals surface area contributed by atoms with Crippen LogP contribution < -0.4 is 15.1 Å². The van der Waals surface area contributed by atoms with Crippen molar-refractivity contribution in [3.8, 4) is 0 Å². The molecule has 2 aromatic carbocycles. The number of aryl methyl sites for hydroxylation is 1. The molecular formula is C22H25N3O2. The van der Waals surface area contributed by atoms with Gasteiger partial charge in [-0.05, 0) is 74.2 Å².